The van der Waals surface area contributed by atoms with E-state index in [0.717, 1.165) is 0 Å². The van der Waals surface area contributed by atoms with Gasteiger partial charge in [0.1, 0.15) is 5.69 Å². The predicted molar refractivity (Wildman–Crippen MR) is 78.3 cm³/mol. The minimum absolute atomic E-state index is 0.101. The van der Waals surface area contributed by atoms with Gasteiger partial charge < -0.3 is 16.0 Å². The van der Waals surface area contributed by atoms with Crippen molar-refractivity contribution in [2.45, 2.75) is 13.3 Å². The lowest BCUT2D eigenvalue weighted by Crippen LogP contribution is -2.30. The summed E-state index contributed by atoms with van der Waals surface area (Å²) in [6, 6.07) is 4.05. The Hall–Kier alpha value is -2.64. The molecule has 114 valence electrons. The van der Waals surface area contributed by atoms with Gasteiger partial charge in [0.15, 0.2) is 0 Å². The number of amides is 2. The Morgan fingerprint density at radius 3 is 2.57 bits per heavy atom. The number of hydrogen-bond acceptors (Lipinski definition) is 5. The highest BCUT2D eigenvalue weighted by molar-refractivity contribution is 5.96. The number of rotatable bonds is 7. The van der Waals surface area contributed by atoms with Gasteiger partial charge >= 0.3 is 0 Å². The lowest BCUT2D eigenvalue weighted by molar-refractivity contribution is -0.383. The van der Waals surface area contributed by atoms with Gasteiger partial charge in [-0.05, 0) is 19.1 Å². The molecule has 0 unspecified atom stereocenters. The van der Waals surface area contributed by atoms with Gasteiger partial charge in [-0.15, -0.1) is 0 Å². The normalized spacial score (nSPS) is 9.81. The van der Waals surface area contributed by atoms with E-state index in [9.17, 15) is 19.7 Å². The van der Waals surface area contributed by atoms with Crippen LogP contribution < -0.4 is 16.0 Å². The second-order valence-corrected chi connectivity index (χ2v) is 4.20. The molecule has 3 N–H and O–H groups in total. The van der Waals surface area contributed by atoms with Crippen LogP contribution in [-0.4, -0.2) is 36.9 Å². The molecule has 8 nitrogen and oxygen atoms in total. The fraction of sp³-hybridized carbons (Fsp3) is 0.385. The number of nitrogens with one attached hydrogen (secondary N) is 3. The van der Waals surface area contributed by atoms with Crippen LogP contribution in [0.4, 0.5) is 11.4 Å². The lowest BCUT2D eigenvalue weighted by Gasteiger charge is -2.07. The van der Waals surface area contributed by atoms with Crippen molar-refractivity contribution in [1.82, 2.24) is 10.6 Å². The van der Waals surface area contributed by atoms with E-state index in [1.54, 1.807) is 7.05 Å². The third-order valence-corrected chi connectivity index (χ3v) is 2.74. The average molecular weight is 294 g/mol. The van der Waals surface area contributed by atoms with E-state index in [4.69, 9.17) is 0 Å². The predicted octanol–water partition coefficient (Wildman–Crippen LogP) is 0.892. The van der Waals surface area contributed by atoms with E-state index >= 15 is 0 Å². The molecule has 0 heterocycles. The maximum Gasteiger partial charge on any atom is 0.292 e. The number of hydrogen-bond donors (Lipinski definition) is 3. The first kappa shape index (κ1) is 16.4. The SMILES string of the molecule is CCNC(=O)CCNC(=O)c1ccc([N+](=O)[O-])c(NC)c1. The molecule has 0 aliphatic heterocycles. The van der Waals surface area contributed by atoms with Gasteiger partial charge in [0.05, 0.1) is 4.92 Å². The molecule has 8 heteroatoms. The number of anilines is 1. The molecule has 0 saturated heterocycles. The minimum atomic E-state index is -0.525. The highest BCUT2D eigenvalue weighted by Crippen LogP contribution is 2.24. The van der Waals surface area contributed by atoms with E-state index < -0.39 is 4.92 Å². The van der Waals surface area contributed by atoms with Crippen molar-refractivity contribution >= 4 is 23.2 Å². The zero-order valence-electron chi connectivity index (χ0n) is 11.9. The molecular weight excluding hydrogens is 276 g/mol. The van der Waals surface area contributed by atoms with Crippen LogP contribution in [0.1, 0.15) is 23.7 Å². The standard InChI is InChI=1S/C13H18N4O4/c1-3-15-12(18)6-7-16-13(19)9-4-5-11(17(20)21)10(8-9)14-2/h4-5,8,14H,3,6-7H2,1-2H3,(H,15,18)(H,16,19). The van der Waals surface area contributed by atoms with E-state index in [1.165, 1.54) is 18.2 Å². The van der Waals surface area contributed by atoms with Crippen LogP contribution in [-0.2, 0) is 4.79 Å². The largest absolute Gasteiger partial charge is 0.383 e. The molecule has 0 atom stereocenters. The van der Waals surface area contributed by atoms with Crippen molar-refractivity contribution in [2.24, 2.45) is 0 Å². The molecule has 1 rings (SSSR count). The number of nitrogens with zero attached hydrogens (tertiary/aromatic N) is 1. The van der Waals surface area contributed by atoms with Gasteiger partial charge in [0.25, 0.3) is 11.6 Å². The van der Waals surface area contributed by atoms with E-state index in [0.29, 0.717) is 12.1 Å². The molecule has 0 aliphatic rings. The van der Waals surface area contributed by atoms with E-state index in [-0.39, 0.29) is 36.2 Å². The van der Waals surface area contributed by atoms with Crippen LogP contribution in [0.5, 0.6) is 0 Å². The van der Waals surface area contributed by atoms with Crippen molar-refractivity contribution in [2.75, 3.05) is 25.5 Å². The van der Waals surface area contributed by atoms with E-state index in [2.05, 4.69) is 16.0 Å². The van der Waals surface area contributed by atoms with Crippen LogP contribution >= 0.6 is 0 Å². The fourth-order valence-corrected chi connectivity index (χ4v) is 1.71. The van der Waals surface area contributed by atoms with Crippen molar-refractivity contribution < 1.29 is 14.5 Å². The molecule has 21 heavy (non-hydrogen) atoms. The first-order valence-electron chi connectivity index (χ1n) is 6.50. The topological polar surface area (TPSA) is 113 Å². The number of carbonyl (C=O) groups is 2. The average Bonchev–Trinajstić information content (AvgIpc) is 2.46. The number of nitro benzene ring substituents is 1. The summed E-state index contributed by atoms with van der Waals surface area (Å²) in [6.45, 7) is 2.56. The molecule has 0 fully saturated rings. The lowest BCUT2D eigenvalue weighted by atomic mass is 10.1. The van der Waals surface area contributed by atoms with Crippen molar-refractivity contribution in [3.63, 3.8) is 0 Å². The van der Waals surface area contributed by atoms with Crippen LogP contribution in [0, 0.1) is 10.1 Å². The van der Waals surface area contributed by atoms with Crippen molar-refractivity contribution in [3.05, 3.63) is 33.9 Å². The smallest absolute Gasteiger partial charge is 0.292 e. The second-order valence-electron chi connectivity index (χ2n) is 4.20. The fourth-order valence-electron chi connectivity index (χ4n) is 1.71. The molecule has 0 aromatic heterocycles. The van der Waals surface area contributed by atoms with Gasteiger partial charge in [-0.3, -0.25) is 19.7 Å². The summed E-state index contributed by atoms with van der Waals surface area (Å²) in [5.41, 5.74) is 0.452. The maximum absolute atomic E-state index is 11.9. The molecule has 0 radical (unpaired) electrons. The zero-order chi connectivity index (χ0) is 15.8. The molecule has 0 aliphatic carbocycles. The molecule has 0 bridgehead atoms. The summed E-state index contributed by atoms with van der Waals surface area (Å²) in [6.07, 6.45) is 0.186. The monoisotopic (exact) mass is 294 g/mol. The van der Waals surface area contributed by atoms with Gasteiger partial charge in [0.2, 0.25) is 5.91 Å². The molecular formula is C13H18N4O4. The third kappa shape index (κ3) is 4.75. The number of carbonyl (C=O) groups excluding carboxylic acids is 2. The van der Waals surface area contributed by atoms with Crippen molar-refractivity contribution in [3.8, 4) is 0 Å². The van der Waals surface area contributed by atoms with Gasteiger partial charge in [0, 0.05) is 38.2 Å². The Kier molecular flexibility index (Phi) is 6.12. The molecule has 1 aromatic carbocycles. The van der Waals surface area contributed by atoms with Crippen LogP contribution in [0.2, 0.25) is 0 Å². The minimum Gasteiger partial charge on any atom is -0.383 e. The maximum atomic E-state index is 11.9. The quantitative estimate of drug-likeness (QED) is 0.510. The molecule has 0 saturated carbocycles. The summed E-state index contributed by atoms with van der Waals surface area (Å²) in [5.74, 6) is -0.525. The second kappa shape index (κ2) is 7.83. The molecule has 1 aromatic rings. The Bertz CT molecular complexity index is 545. The summed E-state index contributed by atoms with van der Waals surface area (Å²) < 4.78 is 0. The molecule has 0 spiro atoms. The highest BCUT2D eigenvalue weighted by Gasteiger charge is 2.15. The van der Waals surface area contributed by atoms with Crippen LogP contribution in [0.3, 0.4) is 0 Å². The Balaban J connectivity index is 2.66. The van der Waals surface area contributed by atoms with Crippen LogP contribution in [0.25, 0.3) is 0 Å². The molecule has 2 amide bonds. The highest BCUT2D eigenvalue weighted by atomic mass is 16.6. The third-order valence-electron chi connectivity index (χ3n) is 2.74. The Morgan fingerprint density at radius 2 is 2.00 bits per heavy atom. The van der Waals surface area contributed by atoms with Crippen LogP contribution in [0.15, 0.2) is 18.2 Å². The Morgan fingerprint density at radius 1 is 1.29 bits per heavy atom. The van der Waals surface area contributed by atoms with Gasteiger partial charge in [-0.25, -0.2) is 0 Å². The zero-order valence-corrected chi connectivity index (χ0v) is 11.9. The van der Waals surface area contributed by atoms with Crippen molar-refractivity contribution in [1.29, 1.82) is 0 Å². The Labute approximate surface area is 122 Å². The first-order chi connectivity index (χ1) is 9.99. The van der Waals surface area contributed by atoms with Gasteiger partial charge in [-0.1, -0.05) is 0 Å². The van der Waals surface area contributed by atoms with Gasteiger partial charge in [-0.2, -0.15) is 0 Å². The summed E-state index contributed by atoms with van der Waals surface area (Å²) in [4.78, 5) is 33.4. The summed E-state index contributed by atoms with van der Waals surface area (Å²) in [5, 5.41) is 18.7. The first-order valence-corrected chi connectivity index (χ1v) is 6.50. The summed E-state index contributed by atoms with van der Waals surface area (Å²) in [7, 11) is 1.54. The van der Waals surface area contributed by atoms with E-state index in [1.807, 2.05) is 6.92 Å². The number of nitro groups is 1. The summed E-state index contributed by atoms with van der Waals surface area (Å²) >= 11 is 0. The number of benzene rings is 1.